The van der Waals surface area contributed by atoms with Crippen molar-refractivity contribution in [3.8, 4) is 0 Å². The van der Waals surface area contributed by atoms with E-state index in [1.165, 1.54) is 0 Å². The molecule has 0 saturated heterocycles. The first kappa shape index (κ1) is 21.0. The third-order valence-electron chi connectivity index (χ3n) is 3.25. The summed E-state index contributed by atoms with van der Waals surface area (Å²) in [6.45, 7) is 0. The van der Waals surface area contributed by atoms with Gasteiger partial charge in [-0.2, -0.15) is 48.3 Å². The number of alkyl halides is 13. The highest BCUT2D eigenvalue weighted by atomic mass is 32.2. The molecule has 2 N–H and O–H groups in total. The molecule has 0 aromatic heterocycles. The van der Waals surface area contributed by atoms with Gasteiger partial charge in [0.25, 0.3) is 10.0 Å². The van der Waals surface area contributed by atoms with Crippen molar-refractivity contribution in [1.29, 1.82) is 0 Å². The second kappa shape index (κ2) is 4.39. The van der Waals surface area contributed by atoms with Gasteiger partial charge >= 0.3 is 40.5 Å². The summed E-state index contributed by atoms with van der Waals surface area (Å²) in [4.78, 5) is 0. The third-order valence-corrected chi connectivity index (χ3v) is 4.57. The zero-order valence-electron chi connectivity index (χ0n) is 10.2. The van der Waals surface area contributed by atoms with Crippen LogP contribution in [0.15, 0.2) is 0 Å². The second-order valence-electron chi connectivity index (χ2n) is 4.59. The van der Waals surface area contributed by atoms with Crippen LogP contribution in [0.3, 0.4) is 0 Å². The van der Waals surface area contributed by atoms with Crippen LogP contribution in [-0.2, 0) is 10.0 Å². The summed E-state index contributed by atoms with van der Waals surface area (Å²) < 4.78 is 191. The molecular formula is C7H2F13NO2S. The molecule has 1 saturated carbocycles. The Morgan fingerprint density at radius 3 is 1.17 bits per heavy atom. The molecule has 2 unspecified atom stereocenters. The molecular weight excluding hydrogens is 409 g/mol. The smallest absolute Gasteiger partial charge is 0.226 e. The number of halogens is 13. The molecule has 2 atom stereocenters. The highest BCUT2D eigenvalue weighted by Crippen LogP contribution is 2.72. The molecule has 0 aromatic carbocycles. The van der Waals surface area contributed by atoms with E-state index >= 15 is 0 Å². The maximum atomic E-state index is 13.9. The van der Waals surface area contributed by atoms with Crippen molar-refractivity contribution in [1.82, 2.24) is 0 Å². The highest BCUT2D eigenvalue weighted by Gasteiger charge is 3.07. The summed E-state index contributed by atoms with van der Waals surface area (Å²) in [6, 6.07) is 0. The monoisotopic (exact) mass is 411 g/mol. The molecule has 1 aliphatic carbocycles. The fourth-order valence-corrected chi connectivity index (χ4v) is 3.09. The van der Waals surface area contributed by atoms with Gasteiger partial charge in [-0.3, -0.25) is 0 Å². The minimum Gasteiger partial charge on any atom is -0.226 e. The summed E-state index contributed by atoms with van der Waals surface area (Å²) in [6.07, 6.45) is -7.83. The van der Waals surface area contributed by atoms with E-state index < -0.39 is 50.6 Å². The number of sulfonamides is 1. The van der Waals surface area contributed by atoms with Crippen LogP contribution in [0.2, 0.25) is 0 Å². The largest absolute Gasteiger partial charge is 0.433 e. The van der Waals surface area contributed by atoms with Crippen LogP contribution in [0.5, 0.6) is 0 Å². The van der Waals surface area contributed by atoms with E-state index in [0.29, 0.717) is 0 Å². The molecule has 24 heavy (non-hydrogen) atoms. The fraction of sp³-hybridized carbons (Fsp3) is 1.00. The number of nitrogens with two attached hydrogens (primary N) is 1. The molecule has 1 fully saturated rings. The summed E-state index contributed by atoms with van der Waals surface area (Å²) in [7, 11) is -7.62. The van der Waals surface area contributed by atoms with Gasteiger partial charge in [0.2, 0.25) is 0 Å². The highest BCUT2D eigenvalue weighted by molar-refractivity contribution is 7.90. The quantitative estimate of drug-likeness (QED) is 0.675. The zero-order valence-corrected chi connectivity index (χ0v) is 11.0. The molecule has 0 heterocycles. The van der Waals surface area contributed by atoms with Gasteiger partial charge in [0.1, 0.15) is 0 Å². The van der Waals surface area contributed by atoms with E-state index in [-0.39, 0.29) is 0 Å². The Balaban J connectivity index is 4.27. The number of hydrogen-bond donors (Lipinski definition) is 1. The zero-order chi connectivity index (χ0) is 20.0. The lowest BCUT2D eigenvalue weighted by molar-refractivity contribution is -0.481. The van der Waals surface area contributed by atoms with Crippen molar-refractivity contribution in [2.45, 2.75) is 40.5 Å². The van der Waals surface area contributed by atoms with E-state index in [9.17, 15) is 65.5 Å². The Bertz CT molecular complexity index is 654. The Morgan fingerprint density at radius 2 is 0.917 bits per heavy atom. The van der Waals surface area contributed by atoms with E-state index in [1.54, 1.807) is 0 Å². The molecule has 1 aliphatic rings. The van der Waals surface area contributed by atoms with Crippen molar-refractivity contribution in [2.24, 2.45) is 5.14 Å². The standard InChI is InChI=1S/C7H2F13NO2S/c8-1(7(18,19)20)2(9,10)3(11,12)4(13,14)5(15,16)6(1,17)24(21,22)23/h(H2,21,22,23). The van der Waals surface area contributed by atoms with Gasteiger partial charge in [0.15, 0.2) is 0 Å². The van der Waals surface area contributed by atoms with Gasteiger partial charge < -0.3 is 0 Å². The summed E-state index contributed by atoms with van der Waals surface area (Å²) in [5, 5.41) is -4.19. The van der Waals surface area contributed by atoms with Crippen LogP contribution in [-0.4, -0.2) is 49.0 Å². The van der Waals surface area contributed by atoms with Crippen LogP contribution < -0.4 is 5.14 Å². The first-order valence-corrected chi connectivity index (χ1v) is 6.53. The number of hydrogen-bond acceptors (Lipinski definition) is 2. The lowest BCUT2D eigenvalue weighted by Crippen LogP contribution is -2.89. The fourth-order valence-electron chi connectivity index (χ4n) is 1.97. The van der Waals surface area contributed by atoms with E-state index in [2.05, 4.69) is 5.14 Å². The average molecular weight is 411 g/mol. The minimum absolute atomic E-state index is 3.49. The Morgan fingerprint density at radius 1 is 0.625 bits per heavy atom. The van der Waals surface area contributed by atoms with Crippen molar-refractivity contribution in [3.63, 3.8) is 0 Å². The first-order chi connectivity index (χ1) is 10.0. The van der Waals surface area contributed by atoms with Crippen LogP contribution in [0, 0.1) is 0 Å². The molecule has 0 bridgehead atoms. The van der Waals surface area contributed by atoms with E-state index in [0.717, 1.165) is 0 Å². The van der Waals surface area contributed by atoms with Crippen LogP contribution in [0.1, 0.15) is 0 Å². The van der Waals surface area contributed by atoms with Gasteiger partial charge in [-0.15, -0.1) is 0 Å². The Hall–Kier alpha value is -1.00. The number of primary sulfonamides is 1. The summed E-state index contributed by atoms with van der Waals surface area (Å²) in [5.41, 5.74) is -8.02. The van der Waals surface area contributed by atoms with Gasteiger partial charge in [-0.25, -0.2) is 22.3 Å². The normalized spacial score (nSPS) is 37.9. The Kier molecular flexibility index (Phi) is 3.85. The van der Waals surface area contributed by atoms with Crippen molar-refractivity contribution >= 4 is 10.0 Å². The predicted octanol–water partition coefficient (Wildman–Crippen LogP) is 2.77. The van der Waals surface area contributed by atoms with Crippen molar-refractivity contribution < 1.29 is 65.5 Å². The summed E-state index contributed by atoms with van der Waals surface area (Å²) >= 11 is 0. The molecule has 0 radical (unpaired) electrons. The molecule has 3 nitrogen and oxygen atoms in total. The SMILES string of the molecule is NS(=O)(=O)C1(F)C(F)(F)C(F)(F)C(F)(F)C(F)(F)C1(F)C(F)(F)F. The maximum absolute atomic E-state index is 13.9. The predicted molar refractivity (Wildman–Crippen MR) is 46.6 cm³/mol. The number of rotatable bonds is 1. The molecule has 0 aliphatic heterocycles. The van der Waals surface area contributed by atoms with Crippen molar-refractivity contribution in [3.05, 3.63) is 0 Å². The molecule has 144 valence electrons. The van der Waals surface area contributed by atoms with Gasteiger partial charge in [0, 0.05) is 0 Å². The lowest BCUT2D eigenvalue weighted by Gasteiger charge is -2.54. The van der Waals surface area contributed by atoms with Gasteiger partial charge in [-0.1, -0.05) is 0 Å². The molecule has 0 spiro atoms. The maximum Gasteiger partial charge on any atom is 0.433 e. The minimum atomic E-state index is -8.02. The third kappa shape index (κ3) is 1.67. The van der Waals surface area contributed by atoms with Gasteiger partial charge in [-0.05, 0) is 0 Å². The van der Waals surface area contributed by atoms with E-state index in [1.807, 2.05) is 0 Å². The van der Waals surface area contributed by atoms with Crippen LogP contribution >= 0.6 is 0 Å². The molecule has 1 rings (SSSR count). The van der Waals surface area contributed by atoms with Crippen LogP contribution in [0.4, 0.5) is 57.1 Å². The van der Waals surface area contributed by atoms with Crippen molar-refractivity contribution in [2.75, 3.05) is 0 Å². The van der Waals surface area contributed by atoms with Crippen LogP contribution in [0.25, 0.3) is 0 Å². The molecule has 0 amide bonds. The summed E-state index contributed by atoms with van der Waals surface area (Å²) in [5.74, 6) is -31.5. The van der Waals surface area contributed by atoms with Gasteiger partial charge in [0.05, 0.1) is 0 Å². The Labute approximate surface area is 122 Å². The average Bonchev–Trinajstić information content (AvgIpc) is 2.31. The van der Waals surface area contributed by atoms with E-state index in [4.69, 9.17) is 0 Å². The first-order valence-electron chi connectivity index (χ1n) is 4.98. The topological polar surface area (TPSA) is 60.2 Å². The molecule has 17 heteroatoms. The second-order valence-corrected chi connectivity index (χ2v) is 6.25. The lowest BCUT2D eigenvalue weighted by atomic mass is 9.73. The molecule has 0 aromatic rings.